The van der Waals surface area contributed by atoms with Gasteiger partial charge < -0.3 is 5.32 Å². The maximum absolute atomic E-state index is 13.3. The van der Waals surface area contributed by atoms with E-state index < -0.39 is 6.04 Å². The zero-order chi connectivity index (χ0) is 19.3. The van der Waals surface area contributed by atoms with Gasteiger partial charge in [-0.15, -0.1) is 0 Å². The van der Waals surface area contributed by atoms with Crippen LogP contribution in [0.5, 0.6) is 0 Å². The summed E-state index contributed by atoms with van der Waals surface area (Å²) in [6.07, 6.45) is 5.73. The predicted molar refractivity (Wildman–Crippen MR) is 105 cm³/mol. The lowest BCUT2D eigenvalue weighted by Gasteiger charge is -2.20. The van der Waals surface area contributed by atoms with Crippen LogP contribution in [0.1, 0.15) is 35.6 Å². The second-order valence-electron chi connectivity index (χ2n) is 7.12. The number of nitrogens with zero attached hydrogens (tertiary/aromatic N) is 2. The van der Waals surface area contributed by atoms with Gasteiger partial charge in [0.15, 0.2) is 0 Å². The summed E-state index contributed by atoms with van der Waals surface area (Å²) in [5, 5.41) is 10.7. The molecule has 1 atom stereocenters. The summed E-state index contributed by atoms with van der Waals surface area (Å²) in [5.74, 6) is -0.381. The minimum Gasteiger partial charge on any atom is -0.352 e. The van der Waals surface area contributed by atoms with Crippen molar-refractivity contribution in [3.63, 3.8) is 0 Å². The molecule has 0 radical (unpaired) electrons. The van der Waals surface area contributed by atoms with E-state index in [1.807, 2.05) is 35.1 Å². The van der Waals surface area contributed by atoms with Gasteiger partial charge in [-0.2, -0.15) is 5.10 Å². The molecule has 1 aromatic heterocycles. The lowest BCUT2D eigenvalue weighted by Crippen LogP contribution is -2.38. The van der Waals surface area contributed by atoms with E-state index in [9.17, 15) is 9.18 Å². The van der Waals surface area contributed by atoms with E-state index in [0.717, 1.165) is 29.5 Å². The van der Waals surface area contributed by atoms with Crippen molar-refractivity contribution in [3.05, 3.63) is 89.5 Å². The molecule has 1 unspecified atom stereocenters. The molecule has 1 aliphatic rings. The van der Waals surface area contributed by atoms with Crippen molar-refractivity contribution in [2.75, 3.05) is 0 Å². The highest BCUT2D eigenvalue weighted by Crippen LogP contribution is 2.22. The molecule has 144 valence electrons. The molecule has 1 saturated carbocycles. The summed E-state index contributed by atoms with van der Waals surface area (Å²) in [6, 6.07) is 15.8. The maximum atomic E-state index is 13.3. The summed E-state index contributed by atoms with van der Waals surface area (Å²) in [4.78, 5) is 12.8. The Kier molecular flexibility index (Phi) is 5.48. The minimum absolute atomic E-state index is 0.0707. The first-order chi connectivity index (χ1) is 13.7. The van der Waals surface area contributed by atoms with Gasteiger partial charge in [0, 0.05) is 25.0 Å². The third-order valence-electron chi connectivity index (χ3n) is 4.90. The summed E-state index contributed by atoms with van der Waals surface area (Å²) in [5.41, 5.74) is 2.99. The Hall–Kier alpha value is -2.99. The maximum Gasteiger partial charge on any atom is 0.241 e. The molecule has 1 aliphatic carbocycles. The number of carbonyl (C=O) groups is 1. The first kappa shape index (κ1) is 18.4. The Morgan fingerprint density at radius 3 is 2.54 bits per heavy atom. The number of nitrogens with one attached hydrogen (secondary N) is 2. The van der Waals surface area contributed by atoms with Crippen LogP contribution in [0.3, 0.4) is 0 Å². The molecule has 5 nitrogen and oxygen atoms in total. The van der Waals surface area contributed by atoms with Gasteiger partial charge in [-0.3, -0.25) is 14.8 Å². The molecule has 1 heterocycles. The second-order valence-corrected chi connectivity index (χ2v) is 7.12. The van der Waals surface area contributed by atoms with Crippen LogP contribution in [0.4, 0.5) is 4.39 Å². The molecule has 0 spiro atoms. The zero-order valence-corrected chi connectivity index (χ0v) is 15.5. The van der Waals surface area contributed by atoms with Gasteiger partial charge in [-0.05, 0) is 47.7 Å². The van der Waals surface area contributed by atoms with E-state index >= 15 is 0 Å². The van der Waals surface area contributed by atoms with Crippen LogP contribution in [-0.2, 0) is 17.9 Å². The molecular weight excluding hydrogens is 355 g/mol. The van der Waals surface area contributed by atoms with Crippen molar-refractivity contribution in [1.29, 1.82) is 0 Å². The topological polar surface area (TPSA) is 59.0 Å². The zero-order valence-electron chi connectivity index (χ0n) is 15.5. The van der Waals surface area contributed by atoms with E-state index in [4.69, 9.17) is 0 Å². The van der Waals surface area contributed by atoms with Gasteiger partial charge in [-0.1, -0.05) is 36.4 Å². The van der Waals surface area contributed by atoms with Gasteiger partial charge in [0.2, 0.25) is 5.91 Å². The van der Waals surface area contributed by atoms with Crippen LogP contribution in [-0.4, -0.2) is 21.7 Å². The van der Waals surface area contributed by atoms with Crippen LogP contribution in [0.15, 0.2) is 67.0 Å². The lowest BCUT2D eigenvalue weighted by molar-refractivity contribution is -0.123. The van der Waals surface area contributed by atoms with E-state index in [2.05, 4.69) is 21.8 Å². The normalized spacial score (nSPS) is 14.6. The van der Waals surface area contributed by atoms with E-state index in [0.29, 0.717) is 13.1 Å². The number of hydrogen-bond donors (Lipinski definition) is 2. The highest BCUT2D eigenvalue weighted by molar-refractivity contribution is 5.83. The number of rotatable bonds is 8. The average Bonchev–Trinajstić information content (AvgIpc) is 3.36. The van der Waals surface area contributed by atoms with Crippen LogP contribution < -0.4 is 10.6 Å². The monoisotopic (exact) mass is 378 g/mol. The molecule has 4 rings (SSSR count). The standard InChI is InChI=1S/C22H23FN4O/c23-19-8-6-16(7-9-19)21(22(28)26-20-10-11-20)24-14-17-4-1-2-5-18(17)15-27-13-3-12-25-27/h1-9,12-13,20-21,24H,10-11,14-15H2,(H,26,28). The Morgan fingerprint density at radius 2 is 1.86 bits per heavy atom. The molecule has 0 aliphatic heterocycles. The van der Waals surface area contributed by atoms with Gasteiger partial charge in [0.05, 0.1) is 6.54 Å². The molecule has 2 N–H and O–H groups in total. The van der Waals surface area contributed by atoms with Gasteiger partial charge in [0.1, 0.15) is 11.9 Å². The van der Waals surface area contributed by atoms with Crippen LogP contribution in [0.25, 0.3) is 0 Å². The van der Waals surface area contributed by atoms with Crippen molar-refractivity contribution in [3.8, 4) is 0 Å². The first-order valence-corrected chi connectivity index (χ1v) is 9.52. The molecule has 3 aromatic rings. The van der Waals surface area contributed by atoms with E-state index in [1.165, 1.54) is 12.1 Å². The van der Waals surface area contributed by atoms with E-state index in [-0.39, 0.29) is 17.8 Å². The highest BCUT2D eigenvalue weighted by atomic mass is 19.1. The second kappa shape index (κ2) is 8.35. The summed E-state index contributed by atoms with van der Waals surface area (Å²) in [7, 11) is 0. The van der Waals surface area contributed by atoms with Crippen molar-refractivity contribution < 1.29 is 9.18 Å². The fourth-order valence-corrected chi connectivity index (χ4v) is 3.19. The Morgan fingerprint density at radius 1 is 1.11 bits per heavy atom. The average molecular weight is 378 g/mol. The number of carbonyl (C=O) groups excluding carboxylic acids is 1. The van der Waals surface area contributed by atoms with Crippen molar-refractivity contribution >= 4 is 5.91 Å². The summed E-state index contributed by atoms with van der Waals surface area (Å²) in [6.45, 7) is 1.19. The fraction of sp³-hybridized carbons (Fsp3) is 0.273. The van der Waals surface area contributed by atoms with Gasteiger partial charge >= 0.3 is 0 Å². The number of aromatic nitrogens is 2. The first-order valence-electron chi connectivity index (χ1n) is 9.52. The minimum atomic E-state index is -0.529. The summed E-state index contributed by atoms with van der Waals surface area (Å²) >= 11 is 0. The van der Waals surface area contributed by atoms with E-state index in [1.54, 1.807) is 18.3 Å². The number of halogens is 1. The third kappa shape index (κ3) is 4.64. The molecule has 0 bridgehead atoms. The number of hydrogen-bond acceptors (Lipinski definition) is 3. The fourth-order valence-electron chi connectivity index (χ4n) is 3.19. The number of amides is 1. The molecule has 1 amide bonds. The molecule has 1 fully saturated rings. The largest absolute Gasteiger partial charge is 0.352 e. The quantitative estimate of drug-likeness (QED) is 0.633. The Balaban J connectivity index is 1.51. The van der Waals surface area contributed by atoms with Crippen molar-refractivity contribution in [1.82, 2.24) is 20.4 Å². The lowest BCUT2D eigenvalue weighted by atomic mass is 10.0. The molecule has 0 saturated heterocycles. The number of benzene rings is 2. The van der Waals surface area contributed by atoms with Crippen molar-refractivity contribution in [2.24, 2.45) is 0 Å². The van der Waals surface area contributed by atoms with Gasteiger partial charge in [-0.25, -0.2) is 4.39 Å². The van der Waals surface area contributed by atoms with Crippen LogP contribution >= 0.6 is 0 Å². The Labute approximate surface area is 163 Å². The van der Waals surface area contributed by atoms with Crippen molar-refractivity contribution in [2.45, 2.75) is 38.0 Å². The smallest absolute Gasteiger partial charge is 0.241 e. The van der Waals surface area contributed by atoms with Crippen LogP contribution in [0.2, 0.25) is 0 Å². The third-order valence-corrected chi connectivity index (χ3v) is 4.90. The SMILES string of the molecule is O=C(NC1CC1)C(NCc1ccccc1Cn1cccn1)c1ccc(F)cc1. The molecular formula is C22H23FN4O. The van der Waals surface area contributed by atoms with Gasteiger partial charge in [0.25, 0.3) is 0 Å². The predicted octanol–water partition coefficient (Wildman–Crippen LogP) is 3.18. The molecule has 28 heavy (non-hydrogen) atoms. The molecule has 2 aromatic carbocycles. The molecule has 6 heteroatoms. The highest BCUT2D eigenvalue weighted by Gasteiger charge is 2.28. The Bertz CT molecular complexity index is 920. The van der Waals surface area contributed by atoms with Crippen LogP contribution in [0, 0.1) is 5.82 Å². The summed E-state index contributed by atoms with van der Waals surface area (Å²) < 4.78 is 15.2.